The molecule has 1 aliphatic carbocycles. The zero-order valence-corrected chi connectivity index (χ0v) is 16.3. The number of benzene rings is 2. The quantitative estimate of drug-likeness (QED) is 0.337. The number of nitrogens with zero attached hydrogens (tertiary/aromatic N) is 1. The van der Waals surface area contributed by atoms with Gasteiger partial charge in [0.25, 0.3) is 5.69 Å². The minimum Gasteiger partial charge on any atom is -0.461 e. The maximum Gasteiger partial charge on any atom is 0.338 e. The van der Waals surface area contributed by atoms with Crippen LogP contribution in [0.15, 0.2) is 60.7 Å². The Bertz CT molecular complexity index is 873. The SMILES string of the molecule is CCCC[C@]1(C)C=C(c2ccccc2)[C@H]1COC(=O)c1ccc([N+](=O)[O-])cc1. The van der Waals surface area contributed by atoms with Gasteiger partial charge in [-0.05, 0) is 35.1 Å². The van der Waals surface area contributed by atoms with E-state index in [-0.39, 0.29) is 17.0 Å². The number of carbonyl (C=O) groups is 1. The van der Waals surface area contributed by atoms with E-state index in [1.165, 1.54) is 29.8 Å². The van der Waals surface area contributed by atoms with Crippen LogP contribution >= 0.6 is 0 Å². The highest BCUT2D eigenvalue weighted by Gasteiger charge is 2.43. The van der Waals surface area contributed by atoms with Crippen molar-refractivity contribution in [3.8, 4) is 0 Å². The molecular weight excluding hydrogens is 354 g/mol. The molecule has 5 nitrogen and oxygen atoms in total. The molecule has 0 heterocycles. The highest BCUT2D eigenvalue weighted by molar-refractivity contribution is 5.89. The van der Waals surface area contributed by atoms with Crippen LogP contribution in [0.4, 0.5) is 5.69 Å². The predicted octanol–water partition coefficient (Wildman–Crippen LogP) is 5.66. The first-order chi connectivity index (χ1) is 13.4. The van der Waals surface area contributed by atoms with Gasteiger partial charge in [-0.15, -0.1) is 0 Å². The van der Waals surface area contributed by atoms with Gasteiger partial charge in [-0.1, -0.05) is 63.1 Å². The molecule has 0 unspecified atom stereocenters. The number of esters is 1. The second-order valence-electron chi connectivity index (χ2n) is 7.53. The van der Waals surface area contributed by atoms with Crippen LogP contribution < -0.4 is 0 Å². The zero-order chi connectivity index (χ0) is 20.1. The molecule has 0 aliphatic heterocycles. The Kier molecular flexibility index (Phi) is 5.93. The van der Waals surface area contributed by atoms with E-state index in [2.05, 4.69) is 32.1 Å². The molecule has 0 radical (unpaired) electrons. The summed E-state index contributed by atoms with van der Waals surface area (Å²) in [4.78, 5) is 22.7. The fourth-order valence-corrected chi connectivity index (χ4v) is 3.78. The van der Waals surface area contributed by atoms with Crippen molar-refractivity contribution in [1.82, 2.24) is 0 Å². The van der Waals surface area contributed by atoms with Gasteiger partial charge in [-0.25, -0.2) is 4.79 Å². The van der Waals surface area contributed by atoms with Gasteiger partial charge in [0.05, 0.1) is 17.1 Å². The molecule has 0 aromatic heterocycles. The first-order valence-electron chi connectivity index (χ1n) is 9.64. The number of rotatable bonds is 8. The molecule has 0 bridgehead atoms. The van der Waals surface area contributed by atoms with Crippen molar-refractivity contribution in [2.45, 2.75) is 33.1 Å². The molecular formula is C23H25NO4. The molecule has 0 saturated heterocycles. The lowest BCUT2D eigenvalue weighted by Crippen LogP contribution is -2.38. The average molecular weight is 379 g/mol. The van der Waals surface area contributed by atoms with Crippen LogP contribution in [0.25, 0.3) is 5.57 Å². The molecule has 146 valence electrons. The molecule has 0 amide bonds. The molecule has 0 N–H and O–H groups in total. The molecule has 2 atom stereocenters. The van der Waals surface area contributed by atoms with Gasteiger partial charge in [-0.3, -0.25) is 10.1 Å². The molecule has 1 aliphatic rings. The van der Waals surface area contributed by atoms with Gasteiger partial charge in [0.2, 0.25) is 0 Å². The van der Waals surface area contributed by atoms with Crippen molar-refractivity contribution in [2.75, 3.05) is 6.61 Å². The van der Waals surface area contributed by atoms with Gasteiger partial charge < -0.3 is 4.74 Å². The third kappa shape index (κ3) is 4.14. The van der Waals surface area contributed by atoms with Crippen LogP contribution in [0.2, 0.25) is 0 Å². The topological polar surface area (TPSA) is 69.4 Å². The summed E-state index contributed by atoms with van der Waals surface area (Å²) in [5.41, 5.74) is 2.67. The minimum absolute atomic E-state index is 0.0109. The van der Waals surface area contributed by atoms with E-state index in [1.807, 2.05) is 18.2 Å². The Morgan fingerprint density at radius 3 is 2.43 bits per heavy atom. The van der Waals surface area contributed by atoms with Crippen LogP contribution in [-0.4, -0.2) is 17.5 Å². The summed E-state index contributed by atoms with van der Waals surface area (Å²) in [5.74, 6) is -0.310. The summed E-state index contributed by atoms with van der Waals surface area (Å²) in [6, 6.07) is 15.7. The number of non-ortho nitro benzene ring substituents is 1. The third-order valence-electron chi connectivity index (χ3n) is 5.53. The monoisotopic (exact) mass is 379 g/mol. The summed E-state index contributed by atoms with van der Waals surface area (Å²) < 4.78 is 5.61. The van der Waals surface area contributed by atoms with Gasteiger partial charge in [0, 0.05) is 18.1 Å². The lowest BCUT2D eigenvalue weighted by molar-refractivity contribution is -0.384. The largest absolute Gasteiger partial charge is 0.461 e. The van der Waals surface area contributed by atoms with Crippen molar-refractivity contribution in [3.05, 3.63) is 81.9 Å². The number of unbranched alkanes of at least 4 members (excludes halogenated alkanes) is 1. The van der Waals surface area contributed by atoms with Crippen molar-refractivity contribution >= 4 is 17.2 Å². The Morgan fingerprint density at radius 1 is 1.14 bits per heavy atom. The van der Waals surface area contributed by atoms with Crippen molar-refractivity contribution < 1.29 is 14.5 Å². The van der Waals surface area contributed by atoms with Crippen LogP contribution in [0.5, 0.6) is 0 Å². The predicted molar refractivity (Wildman–Crippen MR) is 109 cm³/mol. The average Bonchev–Trinajstić information content (AvgIpc) is 2.71. The van der Waals surface area contributed by atoms with Gasteiger partial charge in [-0.2, -0.15) is 0 Å². The number of hydrogen-bond donors (Lipinski definition) is 0. The van der Waals surface area contributed by atoms with Crippen LogP contribution in [-0.2, 0) is 4.74 Å². The molecule has 2 aromatic rings. The van der Waals surface area contributed by atoms with Gasteiger partial charge in [0.1, 0.15) is 0 Å². The van der Waals surface area contributed by atoms with E-state index in [1.54, 1.807) is 0 Å². The molecule has 28 heavy (non-hydrogen) atoms. The summed E-state index contributed by atoms with van der Waals surface area (Å²) in [6.07, 6.45) is 5.61. The Labute approximate surface area is 165 Å². The van der Waals surface area contributed by atoms with Crippen molar-refractivity contribution in [1.29, 1.82) is 0 Å². The molecule has 0 saturated carbocycles. The van der Waals surface area contributed by atoms with E-state index in [4.69, 9.17) is 4.74 Å². The number of carbonyl (C=O) groups excluding carboxylic acids is 1. The lowest BCUT2D eigenvalue weighted by Gasteiger charge is -2.45. The highest BCUT2D eigenvalue weighted by atomic mass is 16.6. The Hall–Kier alpha value is -2.95. The Morgan fingerprint density at radius 2 is 1.82 bits per heavy atom. The minimum atomic E-state index is -0.487. The maximum atomic E-state index is 12.4. The third-order valence-corrected chi connectivity index (χ3v) is 5.53. The summed E-state index contributed by atoms with van der Waals surface area (Å²) in [5, 5.41) is 10.8. The van der Waals surface area contributed by atoms with Crippen LogP contribution in [0.3, 0.4) is 0 Å². The molecule has 5 heteroatoms. The standard InChI is InChI=1S/C23H25NO4/c1-3-4-14-23(2)15-20(17-8-6-5-7-9-17)21(23)16-28-22(25)18-10-12-19(13-11-18)24(26)27/h5-13,15,21H,3-4,14,16H2,1-2H3/t21-,23-/m1/s1. The number of nitro benzene ring substituents is 1. The summed E-state index contributed by atoms with van der Waals surface area (Å²) in [7, 11) is 0. The molecule has 0 spiro atoms. The van der Waals surface area contributed by atoms with E-state index in [0.717, 1.165) is 24.8 Å². The van der Waals surface area contributed by atoms with Crippen molar-refractivity contribution in [2.24, 2.45) is 11.3 Å². The van der Waals surface area contributed by atoms with Crippen LogP contribution in [0.1, 0.15) is 49.0 Å². The molecule has 3 rings (SSSR count). The zero-order valence-electron chi connectivity index (χ0n) is 16.3. The van der Waals surface area contributed by atoms with E-state index < -0.39 is 10.9 Å². The van der Waals surface area contributed by atoms with E-state index in [0.29, 0.717) is 12.2 Å². The number of ether oxygens (including phenoxy) is 1. The fourth-order valence-electron chi connectivity index (χ4n) is 3.78. The maximum absolute atomic E-state index is 12.4. The smallest absolute Gasteiger partial charge is 0.338 e. The fraction of sp³-hybridized carbons (Fsp3) is 0.348. The first kappa shape index (κ1) is 19.8. The van der Waals surface area contributed by atoms with E-state index >= 15 is 0 Å². The van der Waals surface area contributed by atoms with Gasteiger partial charge >= 0.3 is 5.97 Å². The number of allylic oxidation sites excluding steroid dienone is 1. The van der Waals surface area contributed by atoms with E-state index in [9.17, 15) is 14.9 Å². The second-order valence-corrected chi connectivity index (χ2v) is 7.53. The summed E-state index contributed by atoms with van der Waals surface area (Å²) in [6.45, 7) is 4.70. The lowest BCUT2D eigenvalue weighted by atomic mass is 9.59. The first-order valence-corrected chi connectivity index (χ1v) is 9.64. The molecule has 0 fully saturated rings. The molecule has 2 aromatic carbocycles. The summed E-state index contributed by atoms with van der Waals surface area (Å²) >= 11 is 0. The normalized spacial score (nSPS) is 20.8. The number of hydrogen-bond acceptors (Lipinski definition) is 4. The number of nitro groups is 1. The second kappa shape index (κ2) is 8.38. The van der Waals surface area contributed by atoms with Gasteiger partial charge in [0.15, 0.2) is 0 Å². The van der Waals surface area contributed by atoms with Crippen molar-refractivity contribution in [3.63, 3.8) is 0 Å². The highest BCUT2D eigenvalue weighted by Crippen LogP contribution is 2.52. The van der Waals surface area contributed by atoms with Crippen LogP contribution in [0, 0.1) is 21.4 Å². The Balaban J connectivity index is 1.71.